The summed E-state index contributed by atoms with van der Waals surface area (Å²) < 4.78 is 27.7. The Labute approximate surface area is 109 Å². The Morgan fingerprint density at radius 2 is 2.00 bits per heavy atom. The SMILES string of the molecule is CCOP(=O)(O)C(O)(Cc1cccnc1)P(=O)(O)O. The molecule has 1 aromatic heterocycles. The smallest absolute Gasteiger partial charge is 0.367 e. The van der Waals surface area contributed by atoms with E-state index in [-0.39, 0.29) is 12.2 Å². The Morgan fingerprint density at radius 1 is 1.37 bits per heavy atom. The van der Waals surface area contributed by atoms with Crippen LogP contribution in [0, 0.1) is 0 Å². The van der Waals surface area contributed by atoms with Gasteiger partial charge in [0.25, 0.3) is 5.08 Å². The Hall–Kier alpha value is -0.590. The van der Waals surface area contributed by atoms with Gasteiger partial charge in [0.05, 0.1) is 6.61 Å². The topological polar surface area (TPSA) is 137 Å². The van der Waals surface area contributed by atoms with Gasteiger partial charge in [0.2, 0.25) is 0 Å². The molecule has 0 bridgehead atoms. The average molecular weight is 311 g/mol. The molecule has 0 fully saturated rings. The minimum absolute atomic E-state index is 0.197. The number of pyridine rings is 1. The molecule has 1 heterocycles. The Bertz CT molecular complexity index is 517. The molecule has 4 N–H and O–H groups in total. The third-order valence-corrected chi connectivity index (χ3v) is 6.69. The van der Waals surface area contributed by atoms with Crippen LogP contribution >= 0.6 is 15.2 Å². The Morgan fingerprint density at radius 3 is 2.42 bits per heavy atom. The molecule has 8 nitrogen and oxygen atoms in total. The van der Waals surface area contributed by atoms with Crippen LogP contribution in [0.4, 0.5) is 0 Å². The largest absolute Gasteiger partial charge is 0.372 e. The van der Waals surface area contributed by atoms with Crippen molar-refractivity contribution in [1.82, 2.24) is 4.98 Å². The quantitative estimate of drug-likeness (QED) is 0.562. The molecule has 2 unspecified atom stereocenters. The van der Waals surface area contributed by atoms with Crippen LogP contribution in [-0.4, -0.2) is 36.5 Å². The van der Waals surface area contributed by atoms with Gasteiger partial charge >= 0.3 is 15.2 Å². The summed E-state index contributed by atoms with van der Waals surface area (Å²) in [5.41, 5.74) is 0.197. The van der Waals surface area contributed by atoms with Gasteiger partial charge < -0.3 is 24.3 Å². The van der Waals surface area contributed by atoms with Gasteiger partial charge in [0.1, 0.15) is 0 Å². The highest BCUT2D eigenvalue weighted by atomic mass is 31.2. The fourth-order valence-corrected chi connectivity index (χ4v) is 4.24. The van der Waals surface area contributed by atoms with Gasteiger partial charge in [-0.1, -0.05) is 6.07 Å². The van der Waals surface area contributed by atoms with Gasteiger partial charge in [-0.05, 0) is 18.6 Å². The monoisotopic (exact) mass is 311 g/mol. The number of hydrogen-bond donors (Lipinski definition) is 4. The zero-order chi connectivity index (χ0) is 14.7. The summed E-state index contributed by atoms with van der Waals surface area (Å²) in [5.74, 6) is 0. The van der Waals surface area contributed by atoms with Crippen molar-refractivity contribution in [2.45, 2.75) is 18.4 Å². The predicted molar refractivity (Wildman–Crippen MR) is 66.4 cm³/mol. The standard InChI is InChI=1S/C9H15NO7P2/c1-2-17-19(15,16)9(11,18(12,13)14)6-8-4-3-5-10-7-8/h3-5,7,11H,2,6H2,1H3,(H,15,16)(H2,12,13,14). The van der Waals surface area contributed by atoms with E-state index in [1.807, 2.05) is 0 Å². The fraction of sp³-hybridized carbons (Fsp3) is 0.444. The summed E-state index contributed by atoms with van der Waals surface area (Å²) >= 11 is 0. The third-order valence-electron chi connectivity index (χ3n) is 2.39. The molecule has 10 heteroatoms. The number of aromatic nitrogens is 1. The minimum Gasteiger partial charge on any atom is -0.367 e. The van der Waals surface area contributed by atoms with Gasteiger partial charge in [0, 0.05) is 18.8 Å². The van der Waals surface area contributed by atoms with Crippen molar-refractivity contribution in [3.63, 3.8) is 0 Å². The normalized spacial score (nSPS) is 18.6. The summed E-state index contributed by atoms with van der Waals surface area (Å²) in [6.07, 6.45) is 1.90. The summed E-state index contributed by atoms with van der Waals surface area (Å²) in [4.78, 5) is 31.7. The van der Waals surface area contributed by atoms with Crippen molar-refractivity contribution in [2.75, 3.05) is 6.61 Å². The molecule has 2 atom stereocenters. The number of hydrogen-bond acceptors (Lipinski definition) is 5. The van der Waals surface area contributed by atoms with E-state index in [0.29, 0.717) is 0 Å². The van der Waals surface area contributed by atoms with Gasteiger partial charge in [-0.15, -0.1) is 0 Å². The molecule has 0 aliphatic carbocycles. The second-order valence-corrected chi connectivity index (χ2v) is 8.01. The van der Waals surface area contributed by atoms with Crippen LogP contribution in [0.2, 0.25) is 0 Å². The van der Waals surface area contributed by atoms with Crippen molar-refractivity contribution in [3.05, 3.63) is 30.1 Å². The van der Waals surface area contributed by atoms with Crippen molar-refractivity contribution >= 4 is 15.2 Å². The lowest BCUT2D eigenvalue weighted by Gasteiger charge is -2.31. The maximum absolute atomic E-state index is 11.9. The molecule has 0 aromatic carbocycles. The maximum Gasteiger partial charge on any atom is 0.372 e. The van der Waals surface area contributed by atoms with Crippen LogP contribution in [0.15, 0.2) is 24.5 Å². The zero-order valence-corrected chi connectivity index (χ0v) is 11.9. The molecule has 0 saturated carbocycles. The van der Waals surface area contributed by atoms with E-state index >= 15 is 0 Å². The van der Waals surface area contributed by atoms with Gasteiger partial charge in [0.15, 0.2) is 0 Å². The summed E-state index contributed by atoms with van der Waals surface area (Å²) in [7, 11) is -10.3. The lowest BCUT2D eigenvalue weighted by molar-refractivity contribution is 0.117. The van der Waals surface area contributed by atoms with Gasteiger partial charge in [-0.2, -0.15) is 0 Å². The number of aliphatic hydroxyl groups is 1. The first-order valence-corrected chi connectivity index (χ1v) is 8.47. The molecule has 19 heavy (non-hydrogen) atoms. The van der Waals surface area contributed by atoms with E-state index in [1.54, 1.807) is 0 Å². The van der Waals surface area contributed by atoms with Crippen LogP contribution in [0.5, 0.6) is 0 Å². The summed E-state index contributed by atoms with van der Waals surface area (Å²) in [5, 5.41) is 6.84. The van der Waals surface area contributed by atoms with E-state index in [2.05, 4.69) is 9.51 Å². The van der Waals surface area contributed by atoms with E-state index in [4.69, 9.17) is 0 Å². The van der Waals surface area contributed by atoms with E-state index in [1.165, 1.54) is 31.5 Å². The van der Waals surface area contributed by atoms with Gasteiger partial charge in [-0.3, -0.25) is 14.1 Å². The van der Waals surface area contributed by atoms with Crippen LogP contribution < -0.4 is 0 Å². The highest BCUT2D eigenvalue weighted by molar-refractivity contribution is 7.72. The molecule has 0 saturated heterocycles. The Balaban J connectivity index is 3.23. The number of nitrogens with zero attached hydrogens (tertiary/aromatic N) is 1. The molecule has 1 aromatic rings. The van der Waals surface area contributed by atoms with E-state index in [9.17, 15) is 28.9 Å². The molecule has 0 spiro atoms. The molecule has 0 radical (unpaired) electrons. The molecular weight excluding hydrogens is 296 g/mol. The van der Waals surface area contributed by atoms with Crippen LogP contribution in [0.25, 0.3) is 0 Å². The predicted octanol–water partition coefficient (Wildman–Crippen LogP) is 0.670. The first-order valence-electron chi connectivity index (χ1n) is 5.28. The molecule has 108 valence electrons. The fourth-order valence-electron chi connectivity index (χ4n) is 1.42. The lowest BCUT2D eigenvalue weighted by Crippen LogP contribution is -2.32. The van der Waals surface area contributed by atoms with Crippen LogP contribution in [0.1, 0.15) is 12.5 Å². The van der Waals surface area contributed by atoms with Crippen molar-refractivity contribution < 1.29 is 33.4 Å². The number of rotatable bonds is 6. The molecule has 0 aliphatic rings. The first-order chi connectivity index (χ1) is 8.64. The highest BCUT2D eigenvalue weighted by Crippen LogP contribution is 2.70. The molecule has 1 rings (SSSR count). The van der Waals surface area contributed by atoms with Crippen molar-refractivity contribution in [1.29, 1.82) is 0 Å². The molecular formula is C9H15NO7P2. The van der Waals surface area contributed by atoms with Crippen LogP contribution in [-0.2, 0) is 20.1 Å². The van der Waals surface area contributed by atoms with Crippen LogP contribution in [0.3, 0.4) is 0 Å². The summed E-state index contributed by atoms with van der Waals surface area (Å²) in [6, 6.07) is 2.89. The summed E-state index contributed by atoms with van der Waals surface area (Å²) in [6.45, 7) is 1.09. The highest BCUT2D eigenvalue weighted by Gasteiger charge is 2.60. The van der Waals surface area contributed by atoms with E-state index in [0.717, 1.165) is 0 Å². The second kappa shape index (κ2) is 5.81. The maximum atomic E-state index is 11.9. The third kappa shape index (κ3) is 3.49. The lowest BCUT2D eigenvalue weighted by atomic mass is 10.2. The second-order valence-electron chi connectivity index (χ2n) is 3.79. The molecule has 0 amide bonds. The van der Waals surface area contributed by atoms with Crippen molar-refractivity contribution in [3.8, 4) is 0 Å². The van der Waals surface area contributed by atoms with Gasteiger partial charge in [-0.25, -0.2) is 0 Å². The molecule has 0 aliphatic heterocycles. The van der Waals surface area contributed by atoms with Crippen molar-refractivity contribution in [2.24, 2.45) is 0 Å². The first kappa shape index (κ1) is 16.5. The zero-order valence-electron chi connectivity index (χ0n) is 10.1. The average Bonchev–Trinajstić information content (AvgIpc) is 2.28. The minimum atomic E-state index is -5.31. The Kier molecular flexibility index (Phi) is 5.03. The van der Waals surface area contributed by atoms with E-state index < -0.39 is 26.7 Å².